The molecule has 0 bridgehead atoms. The summed E-state index contributed by atoms with van der Waals surface area (Å²) in [5.74, 6) is 2.25. The third-order valence-electron chi connectivity index (χ3n) is 6.97. The van der Waals surface area contributed by atoms with Crippen LogP contribution in [0.1, 0.15) is 62.5 Å². The van der Waals surface area contributed by atoms with E-state index in [-0.39, 0.29) is 11.3 Å². The number of nitrogen functional groups attached to an aromatic ring is 1. The molecule has 1 amide bonds. The Kier molecular flexibility index (Phi) is 5.43. The first-order valence-corrected chi connectivity index (χ1v) is 10.9. The molecular weight excluding hydrogens is 376 g/mol. The second-order valence-corrected chi connectivity index (χ2v) is 9.13. The summed E-state index contributed by atoms with van der Waals surface area (Å²) in [4.78, 5) is 24.9. The molecule has 2 heterocycles. The zero-order valence-corrected chi connectivity index (χ0v) is 18.3. The Morgan fingerprint density at radius 1 is 1.10 bits per heavy atom. The standard InChI is InChI=1S/C24H32N4O2/c1-17-26-20(15-21(25)27-17)23(2)11-6-14-28(16-23)22(29)24(12-4-5-13-24)18-7-9-19(30-3)10-8-18/h7-10,15H,4-6,11-14,16H2,1-3H3,(H2,25,26,27)/t23-/m0/s1. The van der Waals surface area contributed by atoms with E-state index < -0.39 is 5.41 Å². The number of amides is 1. The zero-order chi connectivity index (χ0) is 21.4. The van der Waals surface area contributed by atoms with Crippen LogP contribution >= 0.6 is 0 Å². The summed E-state index contributed by atoms with van der Waals surface area (Å²) in [5, 5.41) is 0. The first kappa shape index (κ1) is 20.6. The number of anilines is 1. The molecule has 1 saturated carbocycles. The number of aryl methyl sites for hydroxylation is 1. The maximum absolute atomic E-state index is 14.0. The molecule has 1 aliphatic carbocycles. The molecule has 2 N–H and O–H groups in total. The first-order chi connectivity index (χ1) is 14.4. The number of hydrogen-bond donors (Lipinski definition) is 1. The SMILES string of the molecule is COc1ccc(C2(C(=O)N3CCC[C@](C)(c4cc(N)nc(C)n4)C3)CCCC2)cc1. The summed E-state index contributed by atoms with van der Waals surface area (Å²) in [6.07, 6.45) is 5.94. The lowest BCUT2D eigenvalue weighted by atomic mass is 9.74. The number of aromatic nitrogens is 2. The summed E-state index contributed by atoms with van der Waals surface area (Å²) in [6, 6.07) is 9.94. The Bertz CT molecular complexity index is 901. The van der Waals surface area contributed by atoms with Crippen molar-refractivity contribution >= 4 is 11.7 Å². The van der Waals surface area contributed by atoms with Crippen molar-refractivity contribution in [1.29, 1.82) is 0 Å². The van der Waals surface area contributed by atoms with Gasteiger partial charge in [0, 0.05) is 24.6 Å². The molecule has 160 valence electrons. The lowest BCUT2D eigenvalue weighted by Crippen LogP contribution is -2.53. The van der Waals surface area contributed by atoms with Crippen LogP contribution in [0.5, 0.6) is 5.75 Å². The first-order valence-electron chi connectivity index (χ1n) is 10.9. The average Bonchev–Trinajstić information content (AvgIpc) is 3.24. The molecule has 30 heavy (non-hydrogen) atoms. The van der Waals surface area contributed by atoms with Crippen LogP contribution in [0.25, 0.3) is 0 Å². The van der Waals surface area contributed by atoms with Gasteiger partial charge in [-0.05, 0) is 50.3 Å². The van der Waals surface area contributed by atoms with Crippen LogP contribution in [0.4, 0.5) is 5.82 Å². The van der Waals surface area contributed by atoms with Crippen molar-refractivity contribution in [3.05, 3.63) is 47.4 Å². The second kappa shape index (κ2) is 7.89. The molecule has 6 nitrogen and oxygen atoms in total. The Labute approximate surface area is 178 Å². The Morgan fingerprint density at radius 2 is 1.80 bits per heavy atom. The Balaban J connectivity index is 1.63. The van der Waals surface area contributed by atoms with Crippen molar-refractivity contribution in [1.82, 2.24) is 14.9 Å². The lowest BCUT2D eigenvalue weighted by molar-refractivity contribution is -0.139. The molecule has 2 aliphatic rings. The van der Waals surface area contributed by atoms with Crippen molar-refractivity contribution < 1.29 is 9.53 Å². The Hall–Kier alpha value is -2.63. The van der Waals surface area contributed by atoms with Crippen LogP contribution in [0, 0.1) is 6.92 Å². The van der Waals surface area contributed by atoms with Crippen molar-refractivity contribution in [2.24, 2.45) is 0 Å². The highest BCUT2D eigenvalue weighted by Crippen LogP contribution is 2.44. The molecule has 0 spiro atoms. The number of nitrogens with zero attached hydrogens (tertiary/aromatic N) is 3. The van der Waals surface area contributed by atoms with Crippen LogP contribution in [0.3, 0.4) is 0 Å². The van der Waals surface area contributed by atoms with Gasteiger partial charge in [-0.15, -0.1) is 0 Å². The molecule has 1 saturated heterocycles. The van der Waals surface area contributed by atoms with Gasteiger partial charge < -0.3 is 15.4 Å². The van der Waals surface area contributed by atoms with Crippen LogP contribution in [-0.4, -0.2) is 41.0 Å². The molecule has 0 unspecified atom stereocenters. The van der Waals surface area contributed by atoms with E-state index in [1.165, 1.54) is 0 Å². The fourth-order valence-electron chi connectivity index (χ4n) is 5.34. The highest BCUT2D eigenvalue weighted by molar-refractivity contribution is 5.89. The highest BCUT2D eigenvalue weighted by Gasteiger charge is 2.47. The molecule has 2 aromatic rings. The van der Waals surface area contributed by atoms with E-state index in [1.807, 2.05) is 25.1 Å². The highest BCUT2D eigenvalue weighted by atomic mass is 16.5. The minimum Gasteiger partial charge on any atom is -0.497 e. The van der Waals surface area contributed by atoms with Gasteiger partial charge >= 0.3 is 0 Å². The monoisotopic (exact) mass is 408 g/mol. The number of methoxy groups -OCH3 is 1. The minimum absolute atomic E-state index is 0.213. The van der Waals surface area contributed by atoms with Crippen molar-refractivity contribution in [2.45, 2.75) is 63.2 Å². The van der Waals surface area contributed by atoms with Crippen molar-refractivity contribution in [3.63, 3.8) is 0 Å². The van der Waals surface area contributed by atoms with Gasteiger partial charge in [0.2, 0.25) is 5.91 Å². The average molecular weight is 409 g/mol. The van der Waals surface area contributed by atoms with Crippen LogP contribution < -0.4 is 10.5 Å². The smallest absolute Gasteiger partial charge is 0.233 e. The number of piperidine rings is 1. The predicted octanol–water partition coefficient (Wildman–Crippen LogP) is 3.77. The molecule has 1 atom stereocenters. The summed E-state index contributed by atoms with van der Waals surface area (Å²) in [7, 11) is 1.67. The summed E-state index contributed by atoms with van der Waals surface area (Å²) in [6.45, 7) is 5.53. The normalized spacial score (nSPS) is 23.4. The number of rotatable bonds is 4. The van der Waals surface area contributed by atoms with Gasteiger partial charge in [-0.25, -0.2) is 9.97 Å². The predicted molar refractivity (Wildman–Crippen MR) is 117 cm³/mol. The van der Waals surface area contributed by atoms with Crippen LogP contribution in [0.2, 0.25) is 0 Å². The molecule has 0 radical (unpaired) electrons. The van der Waals surface area contributed by atoms with E-state index in [0.717, 1.165) is 62.1 Å². The van der Waals surface area contributed by atoms with Crippen LogP contribution in [-0.2, 0) is 15.6 Å². The van der Waals surface area contributed by atoms with E-state index in [9.17, 15) is 4.79 Å². The Morgan fingerprint density at radius 3 is 2.43 bits per heavy atom. The summed E-state index contributed by atoms with van der Waals surface area (Å²) < 4.78 is 5.32. The fraction of sp³-hybridized carbons (Fsp3) is 0.542. The van der Waals surface area contributed by atoms with Gasteiger partial charge in [-0.2, -0.15) is 0 Å². The molecular formula is C24H32N4O2. The van der Waals surface area contributed by atoms with Gasteiger partial charge in [0.15, 0.2) is 0 Å². The largest absolute Gasteiger partial charge is 0.497 e. The summed E-state index contributed by atoms with van der Waals surface area (Å²) in [5.41, 5.74) is 7.41. The van der Waals surface area contributed by atoms with Gasteiger partial charge in [0.25, 0.3) is 0 Å². The zero-order valence-electron chi connectivity index (χ0n) is 18.3. The van der Waals surface area contributed by atoms with E-state index in [1.54, 1.807) is 7.11 Å². The van der Waals surface area contributed by atoms with Crippen molar-refractivity contribution in [2.75, 3.05) is 25.9 Å². The van der Waals surface area contributed by atoms with E-state index in [0.29, 0.717) is 18.2 Å². The van der Waals surface area contributed by atoms with Gasteiger partial charge in [0.1, 0.15) is 17.4 Å². The van der Waals surface area contributed by atoms with Crippen molar-refractivity contribution in [3.8, 4) is 5.75 Å². The molecule has 6 heteroatoms. The molecule has 1 aromatic heterocycles. The molecule has 2 fully saturated rings. The molecule has 4 rings (SSSR count). The third-order valence-corrected chi connectivity index (χ3v) is 6.97. The lowest BCUT2D eigenvalue weighted by Gasteiger charge is -2.44. The van der Waals surface area contributed by atoms with Crippen LogP contribution in [0.15, 0.2) is 30.3 Å². The van der Waals surface area contributed by atoms with Gasteiger partial charge in [-0.3, -0.25) is 4.79 Å². The van der Waals surface area contributed by atoms with E-state index >= 15 is 0 Å². The maximum Gasteiger partial charge on any atom is 0.233 e. The number of nitrogens with two attached hydrogens (primary N) is 1. The quantitative estimate of drug-likeness (QED) is 0.833. The molecule has 1 aromatic carbocycles. The number of likely N-dealkylation sites (tertiary alicyclic amines) is 1. The number of benzene rings is 1. The number of ether oxygens (including phenoxy) is 1. The topological polar surface area (TPSA) is 81.3 Å². The van der Waals surface area contributed by atoms with E-state index in [2.05, 4.69) is 33.9 Å². The third kappa shape index (κ3) is 3.64. The number of carbonyl (C=O) groups excluding carboxylic acids is 1. The second-order valence-electron chi connectivity index (χ2n) is 9.13. The number of hydrogen-bond acceptors (Lipinski definition) is 5. The van der Waals surface area contributed by atoms with E-state index in [4.69, 9.17) is 10.5 Å². The molecule has 1 aliphatic heterocycles. The minimum atomic E-state index is -0.425. The summed E-state index contributed by atoms with van der Waals surface area (Å²) >= 11 is 0. The van der Waals surface area contributed by atoms with Gasteiger partial charge in [-0.1, -0.05) is 31.9 Å². The fourth-order valence-corrected chi connectivity index (χ4v) is 5.34. The maximum atomic E-state index is 14.0. The van der Waals surface area contributed by atoms with Gasteiger partial charge in [0.05, 0.1) is 18.2 Å². The number of carbonyl (C=O) groups is 1.